The van der Waals surface area contributed by atoms with Crippen molar-refractivity contribution in [2.45, 2.75) is 11.8 Å². The molecular formula is C16H13BrFN3O2S. The number of nitrogens with one attached hydrogen (secondary N) is 1. The number of halogens is 2. The largest absolute Gasteiger partial charge is 0.263 e. The Balaban J connectivity index is 2.02. The molecule has 0 amide bonds. The molecule has 0 radical (unpaired) electrons. The van der Waals surface area contributed by atoms with Gasteiger partial charge in [-0.3, -0.25) is 4.72 Å². The maximum Gasteiger partial charge on any atom is 0.263 e. The second-order valence-electron chi connectivity index (χ2n) is 5.10. The molecule has 0 unspecified atom stereocenters. The third kappa shape index (κ3) is 3.20. The van der Waals surface area contributed by atoms with Gasteiger partial charge in [-0.2, -0.15) is 5.10 Å². The van der Waals surface area contributed by atoms with Crippen LogP contribution < -0.4 is 4.72 Å². The van der Waals surface area contributed by atoms with Crippen molar-refractivity contribution in [3.8, 4) is 5.69 Å². The van der Waals surface area contributed by atoms with Crippen molar-refractivity contribution >= 4 is 31.8 Å². The molecule has 0 saturated carbocycles. The summed E-state index contributed by atoms with van der Waals surface area (Å²) in [5, 5.41) is 4.18. The van der Waals surface area contributed by atoms with E-state index in [1.54, 1.807) is 12.1 Å². The number of nitrogens with zero attached hydrogens (tertiary/aromatic N) is 2. The SMILES string of the molecule is Cc1cc(S(=O)(=O)Nc2c(Br)cnn2-c2ccccc2)ccc1F. The number of benzene rings is 2. The van der Waals surface area contributed by atoms with Crippen LogP contribution in [0.15, 0.2) is 64.1 Å². The van der Waals surface area contributed by atoms with Gasteiger partial charge in [0.15, 0.2) is 5.82 Å². The second kappa shape index (κ2) is 6.37. The number of aromatic nitrogens is 2. The van der Waals surface area contributed by atoms with Crippen molar-refractivity contribution in [1.29, 1.82) is 0 Å². The zero-order valence-electron chi connectivity index (χ0n) is 12.6. The summed E-state index contributed by atoms with van der Waals surface area (Å²) in [5.74, 6) is -0.187. The number of hydrogen-bond acceptors (Lipinski definition) is 3. The molecule has 0 fully saturated rings. The first-order valence-corrected chi connectivity index (χ1v) is 9.24. The minimum absolute atomic E-state index is 0.0193. The highest BCUT2D eigenvalue weighted by Crippen LogP contribution is 2.27. The third-order valence-corrected chi connectivity index (χ3v) is 5.31. The predicted octanol–water partition coefficient (Wildman–Crippen LogP) is 3.88. The molecule has 1 aromatic heterocycles. The third-order valence-electron chi connectivity index (χ3n) is 3.40. The van der Waals surface area contributed by atoms with Crippen LogP contribution in [0.4, 0.5) is 10.2 Å². The van der Waals surface area contributed by atoms with Crippen LogP contribution in [0.1, 0.15) is 5.56 Å². The fourth-order valence-corrected chi connectivity index (χ4v) is 3.79. The van der Waals surface area contributed by atoms with E-state index in [1.807, 2.05) is 18.2 Å². The number of hydrogen-bond donors (Lipinski definition) is 1. The highest BCUT2D eigenvalue weighted by Gasteiger charge is 2.20. The smallest absolute Gasteiger partial charge is 0.262 e. The van der Waals surface area contributed by atoms with E-state index in [1.165, 1.54) is 29.9 Å². The molecule has 2 aromatic carbocycles. The van der Waals surface area contributed by atoms with Crippen LogP contribution in [0.2, 0.25) is 0 Å². The van der Waals surface area contributed by atoms with E-state index in [0.717, 1.165) is 6.07 Å². The number of anilines is 1. The van der Waals surface area contributed by atoms with E-state index in [9.17, 15) is 12.8 Å². The van der Waals surface area contributed by atoms with Crippen molar-refractivity contribution in [2.75, 3.05) is 4.72 Å². The maximum absolute atomic E-state index is 13.4. The first kappa shape index (κ1) is 16.7. The molecule has 0 atom stereocenters. The van der Waals surface area contributed by atoms with Gasteiger partial charge in [-0.15, -0.1) is 0 Å². The minimum Gasteiger partial charge on any atom is -0.262 e. The molecule has 124 valence electrons. The molecule has 0 aliphatic heterocycles. The lowest BCUT2D eigenvalue weighted by Gasteiger charge is -2.12. The number of sulfonamides is 1. The lowest BCUT2D eigenvalue weighted by atomic mass is 10.2. The molecule has 0 aliphatic rings. The van der Waals surface area contributed by atoms with Gasteiger partial charge in [0.1, 0.15) is 5.82 Å². The van der Waals surface area contributed by atoms with Crippen LogP contribution in [0.3, 0.4) is 0 Å². The molecule has 0 bridgehead atoms. The van der Waals surface area contributed by atoms with E-state index >= 15 is 0 Å². The van der Waals surface area contributed by atoms with Gasteiger partial charge in [0.05, 0.1) is 21.3 Å². The van der Waals surface area contributed by atoms with Crippen LogP contribution in [-0.4, -0.2) is 18.2 Å². The fourth-order valence-electron chi connectivity index (χ4n) is 2.16. The standard InChI is InChI=1S/C16H13BrFN3O2S/c1-11-9-13(7-8-15(11)18)24(22,23)20-16-14(17)10-19-21(16)12-5-3-2-4-6-12/h2-10,20H,1H3. The molecule has 24 heavy (non-hydrogen) atoms. The van der Waals surface area contributed by atoms with E-state index < -0.39 is 15.8 Å². The summed E-state index contributed by atoms with van der Waals surface area (Å²) in [6.07, 6.45) is 1.50. The van der Waals surface area contributed by atoms with E-state index in [0.29, 0.717) is 10.2 Å². The molecule has 1 N–H and O–H groups in total. The zero-order chi connectivity index (χ0) is 17.3. The first-order chi connectivity index (χ1) is 11.4. The summed E-state index contributed by atoms with van der Waals surface area (Å²) in [6.45, 7) is 1.51. The zero-order valence-corrected chi connectivity index (χ0v) is 15.0. The average Bonchev–Trinajstić information content (AvgIpc) is 2.91. The molecule has 3 rings (SSSR count). The molecule has 0 saturated heterocycles. The van der Waals surface area contributed by atoms with Crippen molar-refractivity contribution in [3.63, 3.8) is 0 Å². The molecule has 1 heterocycles. The van der Waals surface area contributed by atoms with Gasteiger partial charge in [-0.1, -0.05) is 18.2 Å². The van der Waals surface area contributed by atoms with E-state index in [-0.39, 0.29) is 16.3 Å². The summed E-state index contributed by atoms with van der Waals surface area (Å²) in [7, 11) is -3.88. The van der Waals surface area contributed by atoms with Crippen LogP contribution in [0.5, 0.6) is 0 Å². The van der Waals surface area contributed by atoms with Crippen molar-refractivity contribution in [3.05, 3.63) is 70.6 Å². The number of aryl methyl sites for hydroxylation is 1. The van der Waals surface area contributed by atoms with Crippen molar-refractivity contribution in [2.24, 2.45) is 0 Å². The Morgan fingerprint density at radius 3 is 2.54 bits per heavy atom. The normalized spacial score (nSPS) is 11.5. The fraction of sp³-hybridized carbons (Fsp3) is 0.0625. The lowest BCUT2D eigenvalue weighted by Crippen LogP contribution is -2.16. The van der Waals surface area contributed by atoms with Crippen molar-refractivity contribution in [1.82, 2.24) is 9.78 Å². The highest BCUT2D eigenvalue weighted by atomic mass is 79.9. The summed E-state index contributed by atoms with van der Waals surface area (Å²) in [4.78, 5) is -0.0193. The van der Waals surface area contributed by atoms with Gasteiger partial charge in [-0.25, -0.2) is 17.5 Å². The summed E-state index contributed by atoms with van der Waals surface area (Å²) < 4.78 is 43.0. The molecule has 0 aliphatic carbocycles. The highest BCUT2D eigenvalue weighted by molar-refractivity contribution is 9.10. The van der Waals surface area contributed by atoms with Crippen LogP contribution in [-0.2, 0) is 10.0 Å². The van der Waals surface area contributed by atoms with E-state index in [4.69, 9.17) is 0 Å². The van der Waals surface area contributed by atoms with Crippen LogP contribution in [0, 0.1) is 12.7 Å². The Bertz CT molecular complexity index is 988. The predicted molar refractivity (Wildman–Crippen MR) is 93.2 cm³/mol. The van der Waals surface area contributed by atoms with Gasteiger partial charge >= 0.3 is 0 Å². The molecule has 0 spiro atoms. The quantitative estimate of drug-likeness (QED) is 0.710. The average molecular weight is 410 g/mol. The summed E-state index contributed by atoms with van der Waals surface area (Å²) >= 11 is 3.30. The van der Waals surface area contributed by atoms with Gasteiger partial charge in [0.25, 0.3) is 10.0 Å². The van der Waals surface area contributed by atoms with Gasteiger partial charge < -0.3 is 0 Å². The molecule has 8 heteroatoms. The Hall–Kier alpha value is -2.19. The lowest BCUT2D eigenvalue weighted by molar-refractivity contribution is 0.598. The van der Waals surface area contributed by atoms with Crippen LogP contribution >= 0.6 is 15.9 Å². The minimum atomic E-state index is -3.88. The molecule has 5 nitrogen and oxygen atoms in total. The topological polar surface area (TPSA) is 64.0 Å². The van der Waals surface area contributed by atoms with Gasteiger partial charge in [0.2, 0.25) is 0 Å². The Morgan fingerprint density at radius 1 is 1.17 bits per heavy atom. The summed E-state index contributed by atoms with van der Waals surface area (Å²) in [5.41, 5.74) is 0.963. The first-order valence-electron chi connectivity index (χ1n) is 6.96. The maximum atomic E-state index is 13.4. The Labute approximate surface area is 147 Å². The van der Waals surface area contributed by atoms with Gasteiger partial charge in [0, 0.05) is 0 Å². The Morgan fingerprint density at radius 2 is 1.88 bits per heavy atom. The second-order valence-corrected chi connectivity index (χ2v) is 7.64. The van der Waals surface area contributed by atoms with Gasteiger partial charge in [-0.05, 0) is 58.7 Å². The van der Waals surface area contributed by atoms with Crippen molar-refractivity contribution < 1.29 is 12.8 Å². The molecule has 3 aromatic rings. The monoisotopic (exact) mass is 409 g/mol. The summed E-state index contributed by atoms with van der Waals surface area (Å²) in [6, 6.07) is 12.8. The molecular weight excluding hydrogens is 397 g/mol. The Kier molecular flexibility index (Phi) is 4.42. The van der Waals surface area contributed by atoms with E-state index in [2.05, 4.69) is 25.8 Å². The number of rotatable bonds is 4. The van der Waals surface area contributed by atoms with Crippen LogP contribution in [0.25, 0.3) is 5.69 Å². The number of para-hydroxylation sites is 1.